The molecule has 0 spiro atoms. The molecule has 3 rings (SSSR count). The first-order valence-corrected chi connectivity index (χ1v) is 6.24. The van der Waals surface area contributed by atoms with Gasteiger partial charge in [0.05, 0.1) is 6.54 Å². The van der Waals surface area contributed by atoms with Crippen LogP contribution in [0.1, 0.15) is 11.1 Å². The monoisotopic (exact) mass is 372 g/mol. The Morgan fingerprint density at radius 1 is 1.00 bits per heavy atom. The van der Waals surface area contributed by atoms with Crippen LogP contribution in [0.4, 0.5) is 18.9 Å². The van der Waals surface area contributed by atoms with E-state index >= 15 is 0 Å². The molecular weight excluding hydrogens is 361 g/mol. The maximum absolute atomic E-state index is 12.1. The lowest BCUT2D eigenvalue weighted by atomic mass is 10.1. The Bertz CT molecular complexity index is 686. The van der Waals surface area contributed by atoms with Gasteiger partial charge in [0.15, 0.2) is 0 Å². The number of rotatable bonds is 2. The van der Waals surface area contributed by atoms with Crippen molar-refractivity contribution in [2.24, 2.45) is 0 Å². The van der Waals surface area contributed by atoms with Crippen LogP contribution in [0.3, 0.4) is 0 Å². The maximum atomic E-state index is 12.1. The van der Waals surface area contributed by atoms with Crippen LogP contribution in [0.15, 0.2) is 48.5 Å². The minimum absolute atomic E-state index is 0. The fourth-order valence-corrected chi connectivity index (χ4v) is 2.33. The molecule has 1 aliphatic heterocycles. The van der Waals surface area contributed by atoms with E-state index in [0.29, 0.717) is 18.1 Å². The number of hydrogen-bond donors (Lipinski definition) is 1. The molecule has 22 heavy (non-hydrogen) atoms. The van der Waals surface area contributed by atoms with Crippen molar-refractivity contribution in [2.45, 2.75) is 12.9 Å². The Hall–Kier alpha value is -2.02. The smallest absolute Gasteiger partial charge is 0.406 e. The molecule has 1 heterocycles. The average Bonchev–Trinajstić information content (AvgIpc) is 2.76. The summed E-state index contributed by atoms with van der Waals surface area (Å²) in [6.45, 7) is 0.536. The molecule has 1 aliphatic rings. The number of halogens is 4. The summed E-state index contributed by atoms with van der Waals surface area (Å²) in [6, 6.07) is 13.1. The van der Waals surface area contributed by atoms with Crippen molar-refractivity contribution in [3.05, 3.63) is 59.7 Å². The van der Waals surface area contributed by atoms with Crippen LogP contribution in [0.25, 0.3) is 0 Å². The van der Waals surface area contributed by atoms with Gasteiger partial charge in [-0.3, -0.25) is 5.41 Å². The minimum atomic E-state index is -4.70. The highest BCUT2D eigenvalue weighted by Crippen LogP contribution is 2.30. The Morgan fingerprint density at radius 3 is 2.23 bits per heavy atom. The molecule has 0 saturated carbocycles. The van der Waals surface area contributed by atoms with E-state index in [2.05, 4.69) is 4.74 Å². The van der Waals surface area contributed by atoms with Gasteiger partial charge in [-0.25, -0.2) is 0 Å². The van der Waals surface area contributed by atoms with Crippen LogP contribution in [0.5, 0.6) is 5.75 Å². The van der Waals surface area contributed by atoms with Gasteiger partial charge in [0.1, 0.15) is 11.6 Å². The van der Waals surface area contributed by atoms with Crippen LogP contribution in [-0.4, -0.2) is 12.2 Å². The Morgan fingerprint density at radius 2 is 1.64 bits per heavy atom. The highest BCUT2D eigenvalue weighted by Gasteiger charge is 2.31. The molecule has 0 fully saturated rings. The number of fused-ring (bicyclic) bond motifs is 1. The third kappa shape index (κ3) is 3.24. The highest BCUT2D eigenvalue weighted by atomic mass is 79.9. The van der Waals surface area contributed by atoms with E-state index in [0.717, 1.165) is 11.1 Å². The first kappa shape index (κ1) is 16.4. The summed E-state index contributed by atoms with van der Waals surface area (Å²) in [7, 11) is 0. The third-order valence-corrected chi connectivity index (χ3v) is 3.25. The van der Waals surface area contributed by atoms with E-state index in [-0.39, 0.29) is 22.7 Å². The Labute approximate surface area is 135 Å². The molecule has 7 heteroatoms. The van der Waals surface area contributed by atoms with E-state index in [9.17, 15) is 13.2 Å². The molecule has 0 amide bonds. The second-order valence-corrected chi connectivity index (χ2v) is 4.63. The molecule has 3 nitrogen and oxygen atoms in total. The predicted octanol–water partition coefficient (Wildman–Crippen LogP) is 4.51. The lowest BCUT2D eigenvalue weighted by Crippen LogP contribution is -2.23. The van der Waals surface area contributed by atoms with Gasteiger partial charge in [-0.1, -0.05) is 24.3 Å². The number of ether oxygens (including phenoxy) is 1. The Kier molecular flexibility index (Phi) is 4.46. The number of anilines is 1. The van der Waals surface area contributed by atoms with Crippen molar-refractivity contribution in [2.75, 3.05) is 4.90 Å². The fourth-order valence-electron chi connectivity index (χ4n) is 2.33. The number of alkyl halides is 3. The summed E-state index contributed by atoms with van der Waals surface area (Å²) in [5.41, 5.74) is 2.52. The summed E-state index contributed by atoms with van der Waals surface area (Å²) in [5.74, 6) is 0.0737. The predicted molar refractivity (Wildman–Crippen MR) is 82.9 cm³/mol. The normalized spacial score (nSPS) is 13.6. The van der Waals surface area contributed by atoms with E-state index in [4.69, 9.17) is 5.41 Å². The topological polar surface area (TPSA) is 36.3 Å². The maximum Gasteiger partial charge on any atom is 0.573 e. The molecule has 0 saturated heterocycles. The first-order valence-electron chi connectivity index (χ1n) is 6.24. The molecule has 0 radical (unpaired) electrons. The lowest BCUT2D eigenvalue weighted by Gasteiger charge is -2.18. The minimum Gasteiger partial charge on any atom is -0.406 e. The van der Waals surface area contributed by atoms with Gasteiger partial charge in [0.2, 0.25) is 0 Å². The molecule has 0 aliphatic carbocycles. The zero-order valence-electron chi connectivity index (χ0n) is 11.2. The third-order valence-electron chi connectivity index (χ3n) is 3.25. The SMILES string of the molecule is Br.N=C1c2ccccc2CN1c1ccc(OC(F)(F)F)cc1. The van der Waals surface area contributed by atoms with Crippen LogP contribution in [-0.2, 0) is 6.54 Å². The molecule has 2 aromatic rings. The highest BCUT2D eigenvalue weighted by molar-refractivity contribution is 8.93. The summed E-state index contributed by atoms with van der Waals surface area (Å²) in [6.07, 6.45) is -4.70. The van der Waals surface area contributed by atoms with Gasteiger partial charge in [0, 0.05) is 11.3 Å². The van der Waals surface area contributed by atoms with Crippen molar-refractivity contribution in [1.29, 1.82) is 5.41 Å². The standard InChI is InChI=1S/C15H11F3N2O.BrH/c16-15(17,18)21-12-7-5-11(6-8-12)20-9-10-3-1-2-4-13(10)14(20)19;/h1-8,19H,9H2;1H. The number of amidine groups is 1. The van der Waals surface area contributed by atoms with Gasteiger partial charge in [-0.2, -0.15) is 0 Å². The second kappa shape index (κ2) is 6.00. The molecule has 116 valence electrons. The van der Waals surface area contributed by atoms with Gasteiger partial charge < -0.3 is 9.64 Å². The lowest BCUT2D eigenvalue weighted by molar-refractivity contribution is -0.274. The molecule has 2 aromatic carbocycles. The van der Waals surface area contributed by atoms with Crippen LogP contribution in [0, 0.1) is 5.41 Å². The van der Waals surface area contributed by atoms with E-state index in [1.165, 1.54) is 24.3 Å². The van der Waals surface area contributed by atoms with Gasteiger partial charge in [0.25, 0.3) is 0 Å². The largest absolute Gasteiger partial charge is 0.573 e. The summed E-state index contributed by atoms with van der Waals surface area (Å²) in [5, 5.41) is 8.14. The van der Waals surface area contributed by atoms with Gasteiger partial charge in [-0.05, 0) is 29.8 Å². The summed E-state index contributed by atoms with van der Waals surface area (Å²) in [4.78, 5) is 1.74. The van der Waals surface area contributed by atoms with Crippen molar-refractivity contribution < 1.29 is 17.9 Å². The van der Waals surface area contributed by atoms with Gasteiger partial charge >= 0.3 is 6.36 Å². The van der Waals surface area contributed by atoms with Crippen molar-refractivity contribution in [3.8, 4) is 5.75 Å². The number of benzene rings is 2. The van der Waals surface area contributed by atoms with E-state index in [1.54, 1.807) is 4.90 Å². The molecule has 1 N–H and O–H groups in total. The van der Waals surface area contributed by atoms with Crippen molar-refractivity contribution >= 4 is 28.5 Å². The van der Waals surface area contributed by atoms with Crippen LogP contribution >= 0.6 is 17.0 Å². The second-order valence-electron chi connectivity index (χ2n) is 4.63. The summed E-state index contributed by atoms with van der Waals surface area (Å²) < 4.78 is 40.2. The van der Waals surface area contributed by atoms with Crippen molar-refractivity contribution in [1.82, 2.24) is 0 Å². The zero-order valence-corrected chi connectivity index (χ0v) is 12.9. The molecule has 0 aromatic heterocycles. The average molecular weight is 373 g/mol. The molecule has 0 atom stereocenters. The van der Waals surface area contributed by atoms with Gasteiger partial charge in [-0.15, -0.1) is 30.2 Å². The van der Waals surface area contributed by atoms with Crippen molar-refractivity contribution in [3.63, 3.8) is 0 Å². The van der Waals surface area contributed by atoms with Crippen LogP contribution < -0.4 is 9.64 Å². The van der Waals surface area contributed by atoms with E-state index in [1.807, 2.05) is 24.3 Å². The fraction of sp³-hybridized carbons (Fsp3) is 0.133. The summed E-state index contributed by atoms with van der Waals surface area (Å²) >= 11 is 0. The number of nitrogens with one attached hydrogen (secondary N) is 1. The first-order chi connectivity index (χ1) is 9.94. The number of nitrogens with zero attached hydrogens (tertiary/aromatic N) is 1. The van der Waals surface area contributed by atoms with E-state index < -0.39 is 6.36 Å². The molecule has 0 unspecified atom stereocenters. The zero-order chi connectivity index (χ0) is 15.0. The Balaban J connectivity index is 0.00000176. The molecular formula is C15H12BrF3N2O. The number of hydrogen-bond acceptors (Lipinski definition) is 2. The molecule has 0 bridgehead atoms. The van der Waals surface area contributed by atoms with Crippen LogP contribution in [0.2, 0.25) is 0 Å². The quantitative estimate of drug-likeness (QED) is 0.841.